The Labute approximate surface area is 116 Å². The molecule has 0 radical (unpaired) electrons. The number of ether oxygens (including phenoxy) is 1. The molecule has 0 aromatic heterocycles. The Hall–Kier alpha value is -0.610. The standard InChI is InChI=1S/C15H27NO3/c1-16(11-13-6-8-19-9-7-13)10-12-2-4-14(5-3-12)15(17)18/h12-14H,2-11H2,1H3,(H,17,18). The van der Waals surface area contributed by atoms with E-state index >= 15 is 0 Å². The quantitative estimate of drug-likeness (QED) is 0.831. The third-order valence-corrected chi connectivity index (χ3v) is 4.68. The maximum absolute atomic E-state index is 10.9. The fourth-order valence-electron chi connectivity index (χ4n) is 3.48. The van der Waals surface area contributed by atoms with Gasteiger partial charge in [0.05, 0.1) is 5.92 Å². The normalized spacial score (nSPS) is 29.6. The van der Waals surface area contributed by atoms with Crippen molar-refractivity contribution in [1.82, 2.24) is 4.90 Å². The van der Waals surface area contributed by atoms with Gasteiger partial charge in [-0.15, -0.1) is 0 Å². The summed E-state index contributed by atoms with van der Waals surface area (Å²) in [5, 5.41) is 9.00. The highest BCUT2D eigenvalue weighted by Gasteiger charge is 2.27. The van der Waals surface area contributed by atoms with Gasteiger partial charge in [-0.25, -0.2) is 0 Å². The third kappa shape index (κ3) is 4.77. The lowest BCUT2D eigenvalue weighted by Crippen LogP contribution is -2.34. The van der Waals surface area contributed by atoms with Gasteiger partial charge in [-0.1, -0.05) is 0 Å². The third-order valence-electron chi connectivity index (χ3n) is 4.68. The van der Waals surface area contributed by atoms with Gasteiger partial charge < -0.3 is 14.7 Å². The van der Waals surface area contributed by atoms with Crippen molar-refractivity contribution in [2.24, 2.45) is 17.8 Å². The Morgan fingerprint density at radius 1 is 1.05 bits per heavy atom. The van der Waals surface area contributed by atoms with Gasteiger partial charge in [0, 0.05) is 26.3 Å². The molecule has 4 heteroatoms. The number of carboxylic acid groups (broad SMARTS) is 1. The van der Waals surface area contributed by atoms with Gasteiger partial charge >= 0.3 is 5.97 Å². The molecule has 2 rings (SSSR count). The zero-order chi connectivity index (χ0) is 13.7. The smallest absolute Gasteiger partial charge is 0.306 e. The van der Waals surface area contributed by atoms with E-state index in [2.05, 4.69) is 11.9 Å². The number of carboxylic acids is 1. The van der Waals surface area contributed by atoms with Gasteiger partial charge in [0.15, 0.2) is 0 Å². The summed E-state index contributed by atoms with van der Waals surface area (Å²) in [6, 6.07) is 0. The first-order valence-corrected chi connectivity index (χ1v) is 7.64. The molecule has 0 amide bonds. The van der Waals surface area contributed by atoms with E-state index in [1.807, 2.05) is 0 Å². The largest absolute Gasteiger partial charge is 0.481 e. The van der Waals surface area contributed by atoms with Gasteiger partial charge in [-0.05, 0) is 57.4 Å². The van der Waals surface area contributed by atoms with Crippen LogP contribution >= 0.6 is 0 Å². The molecule has 19 heavy (non-hydrogen) atoms. The molecular formula is C15H27NO3. The second-order valence-corrected chi connectivity index (χ2v) is 6.33. The monoisotopic (exact) mass is 269 g/mol. The van der Waals surface area contributed by atoms with Crippen LogP contribution in [0, 0.1) is 17.8 Å². The summed E-state index contributed by atoms with van der Waals surface area (Å²) in [6.45, 7) is 4.14. The van der Waals surface area contributed by atoms with E-state index in [-0.39, 0.29) is 5.92 Å². The van der Waals surface area contributed by atoms with Crippen LogP contribution in [0.2, 0.25) is 0 Å². The number of carbonyl (C=O) groups is 1. The molecule has 0 atom stereocenters. The fraction of sp³-hybridized carbons (Fsp3) is 0.933. The molecule has 0 unspecified atom stereocenters. The summed E-state index contributed by atoms with van der Waals surface area (Å²) < 4.78 is 5.39. The summed E-state index contributed by atoms with van der Waals surface area (Å²) in [7, 11) is 2.21. The number of aliphatic carboxylic acids is 1. The molecule has 1 N–H and O–H groups in total. The molecule has 0 aromatic rings. The molecule has 0 aromatic carbocycles. The van der Waals surface area contributed by atoms with Gasteiger partial charge in [-0.2, -0.15) is 0 Å². The summed E-state index contributed by atoms with van der Waals surface area (Å²) in [6.07, 6.45) is 6.27. The fourth-order valence-corrected chi connectivity index (χ4v) is 3.48. The second kappa shape index (κ2) is 7.25. The van der Waals surface area contributed by atoms with Crippen molar-refractivity contribution in [3.63, 3.8) is 0 Å². The summed E-state index contributed by atoms with van der Waals surface area (Å²) in [5.74, 6) is 0.792. The lowest BCUT2D eigenvalue weighted by Gasteiger charge is -2.32. The van der Waals surface area contributed by atoms with E-state index in [1.54, 1.807) is 0 Å². The number of hydrogen-bond donors (Lipinski definition) is 1. The predicted octanol–water partition coefficient (Wildman–Crippen LogP) is 2.24. The highest BCUT2D eigenvalue weighted by molar-refractivity contribution is 5.69. The number of hydrogen-bond acceptors (Lipinski definition) is 3. The molecule has 1 heterocycles. The van der Waals surface area contributed by atoms with Crippen LogP contribution < -0.4 is 0 Å². The first kappa shape index (κ1) is 14.8. The maximum atomic E-state index is 10.9. The molecule has 2 aliphatic rings. The van der Waals surface area contributed by atoms with Crippen LogP contribution in [0.15, 0.2) is 0 Å². The molecule has 1 aliphatic carbocycles. The topological polar surface area (TPSA) is 49.8 Å². The summed E-state index contributed by atoms with van der Waals surface area (Å²) >= 11 is 0. The molecular weight excluding hydrogens is 242 g/mol. The van der Waals surface area contributed by atoms with E-state index < -0.39 is 5.97 Å². The minimum absolute atomic E-state index is 0.0861. The lowest BCUT2D eigenvalue weighted by atomic mass is 9.82. The van der Waals surface area contributed by atoms with Crippen molar-refractivity contribution >= 4 is 5.97 Å². The van der Waals surface area contributed by atoms with E-state index in [0.717, 1.165) is 51.4 Å². The Balaban J connectivity index is 1.65. The minimum atomic E-state index is -0.603. The Bertz CT molecular complexity index is 281. The average Bonchev–Trinajstić information content (AvgIpc) is 2.40. The zero-order valence-corrected chi connectivity index (χ0v) is 12.0. The molecule has 0 bridgehead atoms. The highest BCUT2D eigenvalue weighted by Crippen LogP contribution is 2.29. The van der Waals surface area contributed by atoms with Crippen LogP contribution in [0.1, 0.15) is 38.5 Å². The molecule has 0 spiro atoms. The SMILES string of the molecule is CN(CC1CCOCC1)CC1CCC(C(=O)O)CC1. The molecule has 2 fully saturated rings. The molecule has 1 aliphatic heterocycles. The summed E-state index contributed by atoms with van der Waals surface area (Å²) in [4.78, 5) is 13.4. The molecule has 1 saturated carbocycles. The Morgan fingerprint density at radius 3 is 2.11 bits per heavy atom. The van der Waals surface area contributed by atoms with Gasteiger partial charge in [0.25, 0.3) is 0 Å². The van der Waals surface area contributed by atoms with Crippen LogP contribution in [0.3, 0.4) is 0 Å². The van der Waals surface area contributed by atoms with Gasteiger partial charge in [-0.3, -0.25) is 4.79 Å². The molecule has 1 saturated heterocycles. The molecule has 110 valence electrons. The summed E-state index contributed by atoms with van der Waals surface area (Å²) in [5.41, 5.74) is 0. The van der Waals surface area contributed by atoms with Crippen molar-refractivity contribution in [1.29, 1.82) is 0 Å². The first-order valence-electron chi connectivity index (χ1n) is 7.64. The van der Waals surface area contributed by atoms with Gasteiger partial charge in [0.2, 0.25) is 0 Å². The lowest BCUT2D eigenvalue weighted by molar-refractivity contribution is -0.143. The minimum Gasteiger partial charge on any atom is -0.481 e. The van der Waals surface area contributed by atoms with Crippen molar-refractivity contribution in [3.8, 4) is 0 Å². The predicted molar refractivity (Wildman–Crippen MR) is 74.1 cm³/mol. The maximum Gasteiger partial charge on any atom is 0.306 e. The highest BCUT2D eigenvalue weighted by atomic mass is 16.5. The van der Waals surface area contributed by atoms with Crippen molar-refractivity contribution < 1.29 is 14.6 Å². The van der Waals surface area contributed by atoms with E-state index in [1.165, 1.54) is 19.4 Å². The molecule has 4 nitrogen and oxygen atoms in total. The second-order valence-electron chi connectivity index (χ2n) is 6.33. The van der Waals surface area contributed by atoms with Crippen LogP contribution in [-0.4, -0.2) is 49.3 Å². The van der Waals surface area contributed by atoms with Crippen LogP contribution in [-0.2, 0) is 9.53 Å². The van der Waals surface area contributed by atoms with Crippen LogP contribution in [0.25, 0.3) is 0 Å². The van der Waals surface area contributed by atoms with E-state index in [0.29, 0.717) is 5.92 Å². The Morgan fingerprint density at radius 2 is 1.58 bits per heavy atom. The average molecular weight is 269 g/mol. The zero-order valence-electron chi connectivity index (χ0n) is 12.0. The van der Waals surface area contributed by atoms with Gasteiger partial charge in [0.1, 0.15) is 0 Å². The number of nitrogens with zero attached hydrogens (tertiary/aromatic N) is 1. The number of rotatable bonds is 5. The first-order chi connectivity index (χ1) is 9.15. The Kier molecular flexibility index (Phi) is 5.64. The van der Waals surface area contributed by atoms with E-state index in [9.17, 15) is 4.79 Å². The van der Waals surface area contributed by atoms with Crippen LogP contribution in [0.4, 0.5) is 0 Å². The van der Waals surface area contributed by atoms with Crippen molar-refractivity contribution in [2.75, 3.05) is 33.4 Å². The van der Waals surface area contributed by atoms with Crippen molar-refractivity contribution in [3.05, 3.63) is 0 Å². The van der Waals surface area contributed by atoms with Crippen molar-refractivity contribution in [2.45, 2.75) is 38.5 Å². The van der Waals surface area contributed by atoms with E-state index in [4.69, 9.17) is 9.84 Å². The van der Waals surface area contributed by atoms with Crippen LogP contribution in [0.5, 0.6) is 0 Å².